The van der Waals surface area contributed by atoms with Gasteiger partial charge in [0.15, 0.2) is 0 Å². The van der Waals surface area contributed by atoms with E-state index in [1.807, 2.05) is 54.6 Å². The fourth-order valence-electron chi connectivity index (χ4n) is 4.67. The predicted octanol–water partition coefficient (Wildman–Crippen LogP) is 3.67. The Labute approximate surface area is 140 Å². The number of carbonyl (C=O) groups is 2. The zero-order chi connectivity index (χ0) is 16.3. The van der Waals surface area contributed by atoms with Gasteiger partial charge in [-0.1, -0.05) is 60.7 Å². The minimum absolute atomic E-state index is 0.0229. The van der Waals surface area contributed by atoms with Gasteiger partial charge in [-0.3, -0.25) is 9.59 Å². The molecule has 2 amide bonds. The van der Waals surface area contributed by atoms with Crippen molar-refractivity contribution in [3.05, 3.63) is 66.7 Å². The molecule has 1 saturated carbocycles. The van der Waals surface area contributed by atoms with Gasteiger partial charge in [0.1, 0.15) is 0 Å². The number of hydrogen-bond donors (Lipinski definition) is 0. The number of nitrogens with zero attached hydrogens (tertiary/aromatic N) is 1. The van der Waals surface area contributed by atoms with Gasteiger partial charge in [-0.05, 0) is 29.9 Å². The van der Waals surface area contributed by atoms with Crippen molar-refractivity contribution in [1.82, 2.24) is 0 Å². The summed E-state index contributed by atoms with van der Waals surface area (Å²) in [5.74, 6) is 0.124. The third kappa shape index (κ3) is 1.72. The molecule has 1 saturated heterocycles. The molecular weight excluding hydrogens is 298 g/mol. The van der Waals surface area contributed by atoms with E-state index in [4.69, 9.17) is 0 Å². The molecule has 2 fully saturated rings. The number of anilines is 1. The van der Waals surface area contributed by atoms with Crippen LogP contribution >= 0.6 is 0 Å². The lowest BCUT2D eigenvalue weighted by atomic mass is 9.85. The summed E-state index contributed by atoms with van der Waals surface area (Å²) in [6.07, 6.45) is 5.22. The highest BCUT2D eigenvalue weighted by Crippen LogP contribution is 2.53. The van der Waals surface area contributed by atoms with E-state index in [-0.39, 0.29) is 35.5 Å². The van der Waals surface area contributed by atoms with E-state index in [9.17, 15) is 9.59 Å². The molecule has 2 aromatic rings. The molecule has 24 heavy (non-hydrogen) atoms. The van der Waals surface area contributed by atoms with Gasteiger partial charge in [0, 0.05) is 5.56 Å². The minimum Gasteiger partial charge on any atom is -0.274 e. The number of hydrogen-bond acceptors (Lipinski definition) is 2. The number of amides is 2. The van der Waals surface area contributed by atoms with Crippen molar-refractivity contribution in [1.29, 1.82) is 0 Å². The van der Waals surface area contributed by atoms with Crippen LogP contribution in [0, 0.1) is 23.7 Å². The summed E-state index contributed by atoms with van der Waals surface area (Å²) in [6, 6.07) is 17.6. The molecule has 2 bridgehead atoms. The molecule has 4 atom stereocenters. The van der Waals surface area contributed by atoms with Crippen molar-refractivity contribution < 1.29 is 9.59 Å². The summed E-state index contributed by atoms with van der Waals surface area (Å²) in [4.78, 5) is 27.5. The number of benzene rings is 2. The third-order valence-electron chi connectivity index (χ3n) is 5.70. The van der Waals surface area contributed by atoms with E-state index in [0.717, 1.165) is 17.5 Å². The van der Waals surface area contributed by atoms with Crippen molar-refractivity contribution >= 4 is 17.5 Å². The van der Waals surface area contributed by atoms with Crippen LogP contribution in [-0.4, -0.2) is 11.8 Å². The molecule has 1 aliphatic heterocycles. The van der Waals surface area contributed by atoms with Gasteiger partial charge >= 0.3 is 0 Å². The second-order valence-corrected chi connectivity index (χ2v) is 6.89. The SMILES string of the molecule is O=C1[C@@H]2[C@H](C(=O)N1c1ccccc1-c1ccccc1)[C@@H]1C=C[C@H]2C1. The Morgan fingerprint density at radius 1 is 0.750 bits per heavy atom. The molecule has 3 nitrogen and oxygen atoms in total. The highest BCUT2D eigenvalue weighted by atomic mass is 16.2. The molecule has 0 radical (unpaired) electrons. The molecule has 0 spiro atoms. The lowest BCUT2D eigenvalue weighted by Crippen LogP contribution is -2.33. The second kappa shape index (κ2) is 4.91. The third-order valence-corrected chi connectivity index (χ3v) is 5.70. The molecule has 1 heterocycles. The Morgan fingerprint density at radius 2 is 1.33 bits per heavy atom. The van der Waals surface area contributed by atoms with Crippen LogP contribution in [0.2, 0.25) is 0 Å². The van der Waals surface area contributed by atoms with E-state index >= 15 is 0 Å². The van der Waals surface area contributed by atoms with Crippen molar-refractivity contribution in [2.75, 3.05) is 4.90 Å². The van der Waals surface area contributed by atoms with E-state index in [2.05, 4.69) is 12.2 Å². The maximum atomic E-state index is 13.0. The van der Waals surface area contributed by atoms with Crippen LogP contribution < -0.4 is 4.90 Å². The van der Waals surface area contributed by atoms with Crippen LogP contribution in [0.3, 0.4) is 0 Å². The Balaban J connectivity index is 1.61. The molecule has 5 rings (SSSR count). The number of carbonyl (C=O) groups excluding carboxylic acids is 2. The fraction of sp³-hybridized carbons (Fsp3) is 0.238. The summed E-state index contributed by atoms with van der Waals surface area (Å²) in [7, 11) is 0. The number of fused-ring (bicyclic) bond motifs is 5. The molecule has 3 aliphatic rings. The maximum Gasteiger partial charge on any atom is 0.238 e. The average molecular weight is 315 g/mol. The molecule has 118 valence electrons. The highest BCUT2D eigenvalue weighted by Gasteiger charge is 2.59. The molecular formula is C21H17NO2. The van der Waals surface area contributed by atoms with E-state index in [1.54, 1.807) is 0 Å². The monoisotopic (exact) mass is 315 g/mol. The Kier molecular flexibility index (Phi) is 2.81. The van der Waals surface area contributed by atoms with Crippen molar-refractivity contribution in [3.8, 4) is 11.1 Å². The summed E-state index contributed by atoms with van der Waals surface area (Å²) >= 11 is 0. The van der Waals surface area contributed by atoms with Crippen LogP contribution in [0.5, 0.6) is 0 Å². The summed E-state index contributed by atoms with van der Waals surface area (Å²) in [5, 5.41) is 0. The molecule has 2 aromatic carbocycles. The predicted molar refractivity (Wildman–Crippen MR) is 92.1 cm³/mol. The van der Waals surface area contributed by atoms with E-state index in [0.29, 0.717) is 5.69 Å². The minimum atomic E-state index is -0.156. The number of rotatable bonds is 2. The standard InChI is InChI=1S/C21H17NO2/c23-20-18-14-10-11-15(12-14)19(18)21(24)22(20)17-9-5-4-8-16(17)13-6-2-1-3-7-13/h1-11,14-15,18-19H,12H2/t14-,15+,18-,19+. The van der Waals surface area contributed by atoms with Crippen molar-refractivity contribution in [3.63, 3.8) is 0 Å². The van der Waals surface area contributed by atoms with Gasteiger partial charge in [-0.15, -0.1) is 0 Å². The second-order valence-electron chi connectivity index (χ2n) is 6.89. The molecule has 0 unspecified atom stereocenters. The van der Waals surface area contributed by atoms with Crippen molar-refractivity contribution in [2.24, 2.45) is 23.7 Å². The van der Waals surface area contributed by atoms with E-state index < -0.39 is 0 Å². The van der Waals surface area contributed by atoms with Gasteiger partial charge in [-0.25, -0.2) is 4.90 Å². The lowest BCUT2D eigenvalue weighted by molar-refractivity contribution is -0.123. The number of allylic oxidation sites excluding steroid dienone is 2. The van der Waals surface area contributed by atoms with Gasteiger partial charge in [0.05, 0.1) is 17.5 Å². The van der Waals surface area contributed by atoms with Crippen LogP contribution in [0.4, 0.5) is 5.69 Å². The van der Waals surface area contributed by atoms with Crippen LogP contribution in [0.1, 0.15) is 6.42 Å². The van der Waals surface area contributed by atoms with Crippen LogP contribution in [0.25, 0.3) is 11.1 Å². The largest absolute Gasteiger partial charge is 0.274 e. The van der Waals surface area contributed by atoms with Crippen molar-refractivity contribution in [2.45, 2.75) is 6.42 Å². The van der Waals surface area contributed by atoms with Gasteiger partial charge in [0.2, 0.25) is 11.8 Å². The molecule has 3 heteroatoms. The first-order chi connectivity index (χ1) is 11.8. The number of imide groups is 1. The lowest BCUT2D eigenvalue weighted by Gasteiger charge is -2.20. The summed E-state index contributed by atoms with van der Waals surface area (Å²) < 4.78 is 0. The highest BCUT2D eigenvalue weighted by molar-refractivity contribution is 6.24. The number of para-hydroxylation sites is 1. The first-order valence-corrected chi connectivity index (χ1v) is 8.46. The fourth-order valence-corrected chi connectivity index (χ4v) is 4.67. The van der Waals surface area contributed by atoms with Gasteiger partial charge in [0.25, 0.3) is 0 Å². The Bertz CT molecular complexity index is 840. The van der Waals surface area contributed by atoms with Gasteiger partial charge in [-0.2, -0.15) is 0 Å². The summed E-state index contributed by atoms with van der Waals surface area (Å²) in [5.41, 5.74) is 2.67. The first-order valence-electron chi connectivity index (χ1n) is 8.46. The Hall–Kier alpha value is -2.68. The summed E-state index contributed by atoms with van der Waals surface area (Å²) in [6.45, 7) is 0. The average Bonchev–Trinajstić information content (AvgIpc) is 3.30. The van der Waals surface area contributed by atoms with E-state index in [1.165, 1.54) is 4.90 Å². The smallest absolute Gasteiger partial charge is 0.238 e. The normalized spacial score (nSPS) is 30.2. The maximum absolute atomic E-state index is 13.0. The van der Waals surface area contributed by atoms with Crippen LogP contribution in [0.15, 0.2) is 66.7 Å². The van der Waals surface area contributed by atoms with Crippen LogP contribution in [-0.2, 0) is 9.59 Å². The molecule has 0 N–H and O–H groups in total. The topological polar surface area (TPSA) is 37.4 Å². The molecule has 2 aliphatic carbocycles. The quantitative estimate of drug-likeness (QED) is 0.626. The Morgan fingerprint density at radius 3 is 2.00 bits per heavy atom. The van der Waals surface area contributed by atoms with Gasteiger partial charge < -0.3 is 0 Å². The molecule has 0 aromatic heterocycles. The zero-order valence-corrected chi connectivity index (χ0v) is 13.1. The zero-order valence-electron chi connectivity index (χ0n) is 13.1. The first kappa shape index (κ1) is 13.7.